The Morgan fingerprint density at radius 1 is 1.29 bits per heavy atom. The molecular formula is C11H18N2O. The van der Waals surface area contributed by atoms with Crippen molar-refractivity contribution in [3.63, 3.8) is 0 Å². The number of hydrogen-bond acceptors (Lipinski definition) is 2. The zero-order valence-electron chi connectivity index (χ0n) is 8.48. The van der Waals surface area contributed by atoms with Gasteiger partial charge in [0.05, 0.1) is 0 Å². The molecule has 78 valence electrons. The van der Waals surface area contributed by atoms with Crippen molar-refractivity contribution in [1.29, 1.82) is 0 Å². The number of fused-ring (bicyclic) bond motifs is 1. The molecule has 0 aromatic carbocycles. The highest BCUT2D eigenvalue weighted by Crippen LogP contribution is 2.53. The lowest BCUT2D eigenvalue weighted by Crippen LogP contribution is -2.36. The van der Waals surface area contributed by atoms with Crippen LogP contribution in [0.15, 0.2) is 0 Å². The Labute approximate surface area is 84.6 Å². The van der Waals surface area contributed by atoms with E-state index in [1.165, 1.54) is 19.3 Å². The Hall–Kier alpha value is -0.570. The van der Waals surface area contributed by atoms with Gasteiger partial charge in [0, 0.05) is 19.0 Å². The van der Waals surface area contributed by atoms with Crippen molar-refractivity contribution < 1.29 is 4.79 Å². The Morgan fingerprint density at radius 2 is 2.00 bits per heavy atom. The smallest absolute Gasteiger partial charge is 0.223 e. The van der Waals surface area contributed by atoms with Crippen molar-refractivity contribution in [2.45, 2.75) is 31.7 Å². The minimum Gasteiger partial charge on any atom is -0.339 e. The third kappa shape index (κ3) is 1.26. The van der Waals surface area contributed by atoms with E-state index < -0.39 is 0 Å². The first kappa shape index (κ1) is 8.72. The highest BCUT2D eigenvalue weighted by atomic mass is 16.2. The van der Waals surface area contributed by atoms with Gasteiger partial charge in [-0.25, -0.2) is 0 Å². The number of carbonyl (C=O) groups excluding carboxylic acids is 1. The lowest BCUT2D eigenvalue weighted by Gasteiger charge is -2.25. The van der Waals surface area contributed by atoms with E-state index in [0.29, 0.717) is 30.8 Å². The van der Waals surface area contributed by atoms with Crippen LogP contribution in [0.3, 0.4) is 0 Å². The molecule has 0 aromatic heterocycles. The summed E-state index contributed by atoms with van der Waals surface area (Å²) in [5, 5.41) is 0. The molecule has 2 aliphatic carbocycles. The summed E-state index contributed by atoms with van der Waals surface area (Å²) in [5.41, 5.74) is 5.61. The topological polar surface area (TPSA) is 46.3 Å². The maximum absolute atomic E-state index is 11.7. The predicted molar refractivity (Wildman–Crippen MR) is 53.5 cm³/mol. The lowest BCUT2D eigenvalue weighted by atomic mass is 10.1. The predicted octanol–water partition coefficient (Wildman–Crippen LogP) is 0.592. The van der Waals surface area contributed by atoms with Gasteiger partial charge in [0.2, 0.25) is 5.91 Å². The summed E-state index contributed by atoms with van der Waals surface area (Å²) in [6.07, 6.45) is 4.67. The number of hydrogen-bond donors (Lipinski definition) is 1. The quantitative estimate of drug-likeness (QED) is 0.699. The summed E-state index contributed by atoms with van der Waals surface area (Å²) in [5.74, 6) is 2.71. The highest BCUT2D eigenvalue weighted by Gasteiger charge is 2.49. The molecule has 3 fully saturated rings. The molecule has 2 saturated carbocycles. The van der Waals surface area contributed by atoms with Crippen LogP contribution in [-0.2, 0) is 4.79 Å². The van der Waals surface area contributed by atoms with Gasteiger partial charge in [0.1, 0.15) is 0 Å². The van der Waals surface area contributed by atoms with Crippen molar-refractivity contribution in [3.8, 4) is 0 Å². The number of carbonyl (C=O) groups is 1. The molecule has 0 spiro atoms. The standard InChI is InChI=1S/C11H18N2O/c12-5-7-1-11(14)13(6-7)10-3-8-2-9(8)4-10/h7-10H,1-6,12H2. The number of rotatable bonds is 2. The molecule has 1 saturated heterocycles. The maximum Gasteiger partial charge on any atom is 0.223 e. The zero-order valence-corrected chi connectivity index (χ0v) is 8.48. The van der Waals surface area contributed by atoms with Gasteiger partial charge in [-0.15, -0.1) is 0 Å². The summed E-state index contributed by atoms with van der Waals surface area (Å²) < 4.78 is 0. The molecule has 1 amide bonds. The van der Waals surface area contributed by atoms with Crippen LogP contribution >= 0.6 is 0 Å². The van der Waals surface area contributed by atoms with Gasteiger partial charge in [0.15, 0.2) is 0 Å². The Balaban J connectivity index is 1.64. The second-order valence-electron chi connectivity index (χ2n) is 5.23. The van der Waals surface area contributed by atoms with Crippen LogP contribution in [0.5, 0.6) is 0 Å². The van der Waals surface area contributed by atoms with E-state index in [1.807, 2.05) is 0 Å². The van der Waals surface area contributed by atoms with E-state index >= 15 is 0 Å². The van der Waals surface area contributed by atoms with Crippen LogP contribution in [0.1, 0.15) is 25.7 Å². The van der Waals surface area contributed by atoms with Crippen molar-refractivity contribution in [2.75, 3.05) is 13.1 Å². The van der Waals surface area contributed by atoms with Crippen LogP contribution < -0.4 is 5.73 Å². The molecule has 0 aromatic rings. The monoisotopic (exact) mass is 194 g/mol. The van der Waals surface area contributed by atoms with Gasteiger partial charge in [-0.2, -0.15) is 0 Å². The summed E-state index contributed by atoms with van der Waals surface area (Å²) in [7, 11) is 0. The minimum absolute atomic E-state index is 0.353. The second kappa shape index (κ2) is 2.96. The van der Waals surface area contributed by atoms with E-state index in [4.69, 9.17) is 5.73 Å². The number of nitrogens with zero attached hydrogens (tertiary/aromatic N) is 1. The molecule has 3 nitrogen and oxygen atoms in total. The van der Waals surface area contributed by atoms with Gasteiger partial charge < -0.3 is 10.6 Å². The molecule has 0 bridgehead atoms. The Bertz CT molecular complexity index is 256. The summed E-state index contributed by atoms with van der Waals surface area (Å²) in [6, 6.07) is 0.572. The van der Waals surface area contributed by atoms with Crippen LogP contribution in [0.25, 0.3) is 0 Å². The van der Waals surface area contributed by atoms with Crippen LogP contribution in [0.2, 0.25) is 0 Å². The molecule has 14 heavy (non-hydrogen) atoms. The maximum atomic E-state index is 11.7. The van der Waals surface area contributed by atoms with Gasteiger partial charge in [-0.05, 0) is 43.6 Å². The van der Waals surface area contributed by atoms with E-state index in [9.17, 15) is 4.79 Å². The molecule has 3 heteroatoms. The van der Waals surface area contributed by atoms with Crippen LogP contribution in [0, 0.1) is 17.8 Å². The van der Waals surface area contributed by atoms with Crippen LogP contribution in [-0.4, -0.2) is 29.9 Å². The zero-order chi connectivity index (χ0) is 9.71. The number of nitrogens with two attached hydrogens (primary N) is 1. The number of likely N-dealkylation sites (tertiary alicyclic amines) is 1. The fourth-order valence-electron chi connectivity index (χ4n) is 3.26. The molecule has 3 atom stereocenters. The van der Waals surface area contributed by atoms with Crippen molar-refractivity contribution in [2.24, 2.45) is 23.5 Å². The summed E-state index contributed by atoms with van der Waals surface area (Å²) in [4.78, 5) is 13.8. The van der Waals surface area contributed by atoms with E-state index in [1.54, 1.807) is 0 Å². The Morgan fingerprint density at radius 3 is 2.57 bits per heavy atom. The first-order valence-corrected chi connectivity index (χ1v) is 5.77. The fraction of sp³-hybridized carbons (Fsp3) is 0.909. The molecule has 3 unspecified atom stereocenters. The lowest BCUT2D eigenvalue weighted by molar-refractivity contribution is -0.129. The molecule has 3 aliphatic rings. The van der Waals surface area contributed by atoms with Gasteiger partial charge in [0.25, 0.3) is 0 Å². The molecule has 1 heterocycles. The normalized spacial score (nSPS) is 45.8. The fourth-order valence-corrected chi connectivity index (χ4v) is 3.26. The van der Waals surface area contributed by atoms with Gasteiger partial charge in [-0.3, -0.25) is 4.79 Å². The molecule has 0 radical (unpaired) electrons. The highest BCUT2D eigenvalue weighted by molar-refractivity contribution is 5.79. The summed E-state index contributed by atoms with van der Waals surface area (Å²) in [6.45, 7) is 1.60. The van der Waals surface area contributed by atoms with Gasteiger partial charge in [-0.1, -0.05) is 0 Å². The van der Waals surface area contributed by atoms with Crippen molar-refractivity contribution in [3.05, 3.63) is 0 Å². The SMILES string of the molecule is NCC1CC(=O)N(C2CC3CC3C2)C1. The Kier molecular flexibility index (Phi) is 1.84. The molecule has 2 N–H and O–H groups in total. The average molecular weight is 194 g/mol. The minimum atomic E-state index is 0.353. The van der Waals surface area contributed by atoms with Crippen molar-refractivity contribution >= 4 is 5.91 Å². The number of amides is 1. The first-order valence-electron chi connectivity index (χ1n) is 5.77. The third-order valence-corrected chi connectivity index (χ3v) is 4.23. The molecule has 1 aliphatic heterocycles. The molecular weight excluding hydrogens is 176 g/mol. The average Bonchev–Trinajstić information content (AvgIpc) is 2.62. The van der Waals surface area contributed by atoms with E-state index in [-0.39, 0.29) is 0 Å². The third-order valence-electron chi connectivity index (χ3n) is 4.23. The van der Waals surface area contributed by atoms with E-state index in [0.717, 1.165) is 18.4 Å². The largest absolute Gasteiger partial charge is 0.339 e. The summed E-state index contributed by atoms with van der Waals surface area (Å²) >= 11 is 0. The van der Waals surface area contributed by atoms with Crippen molar-refractivity contribution in [1.82, 2.24) is 4.90 Å². The molecule has 3 rings (SSSR count). The van der Waals surface area contributed by atoms with Gasteiger partial charge >= 0.3 is 0 Å². The second-order valence-corrected chi connectivity index (χ2v) is 5.23. The first-order chi connectivity index (χ1) is 6.78. The van der Waals surface area contributed by atoms with E-state index in [2.05, 4.69) is 4.90 Å². The van der Waals surface area contributed by atoms with Crippen LogP contribution in [0.4, 0.5) is 0 Å².